The number of aliphatic hydroxyl groups is 1. The van der Waals surface area contributed by atoms with Crippen molar-refractivity contribution in [3.8, 4) is 0 Å². The van der Waals surface area contributed by atoms with E-state index >= 15 is 0 Å². The van der Waals surface area contributed by atoms with Crippen LogP contribution in [-0.2, 0) is 4.74 Å². The molecule has 1 aliphatic rings. The van der Waals surface area contributed by atoms with Crippen molar-refractivity contribution in [2.24, 2.45) is 0 Å². The van der Waals surface area contributed by atoms with Crippen molar-refractivity contribution >= 4 is 41.0 Å². The van der Waals surface area contributed by atoms with E-state index in [4.69, 9.17) is 10.5 Å². The SMILES string of the molecule is Nc1nc(=O)n([C@@H]2OC(CS)[C@H](O)[C@H]2F)cc1I. The van der Waals surface area contributed by atoms with Gasteiger partial charge in [-0.15, -0.1) is 0 Å². The highest BCUT2D eigenvalue weighted by molar-refractivity contribution is 14.1. The maximum atomic E-state index is 13.9. The van der Waals surface area contributed by atoms with Gasteiger partial charge in [-0.1, -0.05) is 0 Å². The van der Waals surface area contributed by atoms with Crippen molar-refractivity contribution in [2.75, 3.05) is 11.5 Å². The van der Waals surface area contributed by atoms with Crippen LogP contribution in [-0.4, -0.2) is 38.8 Å². The van der Waals surface area contributed by atoms with Gasteiger partial charge in [-0.3, -0.25) is 4.57 Å². The van der Waals surface area contributed by atoms with Gasteiger partial charge in [0.2, 0.25) is 0 Å². The summed E-state index contributed by atoms with van der Waals surface area (Å²) in [6, 6.07) is 0. The van der Waals surface area contributed by atoms with E-state index in [1.807, 2.05) is 22.6 Å². The van der Waals surface area contributed by atoms with Crippen molar-refractivity contribution in [2.45, 2.75) is 24.6 Å². The van der Waals surface area contributed by atoms with Gasteiger partial charge in [-0.2, -0.15) is 17.6 Å². The lowest BCUT2D eigenvalue weighted by atomic mass is 10.2. The van der Waals surface area contributed by atoms with Crippen LogP contribution >= 0.6 is 35.2 Å². The largest absolute Gasteiger partial charge is 0.387 e. The number of anilines is 1. The van der Waals surface area contributed by atoms with Crippen LogP contribution in [0.5, 0.6) is 0 Å². The number of alkyl halides is 1. The average molecular weight is 387 g/mol. The number of nitrogens with two attached hydrogens (primary N) is 1. The lowest BCUT2D eigenvalue weighted by Gasteiger charge is -2.16. The number of aliphatic hydroxyl groups excluding tert-OH is 1. The summed E-state index contributed by atoms with van der Waals surface area (Å²) in [7, 11) is 0. The zero-order valence-corrected chi connectivity index (χ0v) is 12.1. The van der Waals surface area contributed by atoms with Crippen LogP contribution in [0.3, 0.4) is 0 Å². The third-order valence-corrected chi connectivity index (χ3v) is 3.87. The fourth-order valence-corrected chi connectivity index (χ4v) is 2.44. The van der Waals surface area contributed by atoms with Gasteiger partial charge in [0.1, 0.15) is 11.9 Å². The molecular weight excluding hydrogens is 376 g/mol. The van der Waals surface area contributed by atoms with Gasteiger partial charge in [0.15, 0.2) is 12.4 Å². The highest BCUT2D eigenvalue weighted by Gasteiger charge is 2.45. The number of hydrogen-bond donors (Lipinski definition) is 3. The Kier molecular flexibility index (Phi) is 4.14. The number of hydrogen-bond acceptors (Lipinski definition) is 6. The highest BCUT2D eigenvalue weighted by Crippen LogP contribution is 2.31. The molecule has 18 heavy (non-hydrogen) atoms. The first-order valence-electron chi connectivity index (χ1n) is 5.08. The minimum atomic E-state index is -1.71. The maximum Gasteiger partial charge on any atom is 0.351 e. The van der Waals surface area contributed by atoms with Crippen LogP contribution < -0.4 is 11.4 Å². The predicted molar refractivity (Wildman–Crippen MR) is 74.3 cm³/mol. The number of thiol groups is 1. The molecular formula is C9H11FIN3O3S. The quantitative estimate of drug-likeness (QED) is 0.490. The Morgan fingerprint density at radius 3 is 2.94 bits per heavy atom. The Balaban J connectivity index is 2.39. The van der Waals surface area contributed by atoms with Crippen LogP contribution in [0, 0.1) is 3.57 Å². The van der Waals surface area contributed by atoms with Crippen molar-refractivity contribution < 1.29 is 14.2 Å². The number of ether oxygens (including phenoxy) is 1. The minimum Gasteiger partial charge on any atom is -0.387 e. The van der Waals surface area contributed by atoms with E-state index in [2.05, 4.69) is 17.6 Å². The first-order chi connectivity index (χ1) is 8.45. The van der Waals surface area contributed by atoms with E-state index in [1.165, 1.54) is 6.20 Å². The van der Waals surface area contributed by atoms with E-state index in [9.17, 15) is 14.3 Å². The molecule has 1 aromatic rings. The maximum absolute atomic E-state index is 13.9. The van der Waals surface area contributed by atoms with E-state index in [1.54, 1.807) is 0 Å². The van der Waals surface area contributed by atoms with E-state index in [0.717, 1.165) is 4.57 Å². The third kappa shape index (κ3) is 2.36. The number of nitrogen functional groups attached to an aromatic ring is 1. The molecule has 9 heteroatoms. The van der Waals surface area contributed by atoms with E-state index in [0.29, 0.717) is 3.57 Å². The first-order valence-corrected chi connectivity index (χ1v) is 6.79. The number of rotatable bonds is 2. The van der Waals surface area contributed by atoms with Crippen molar-refractivity contribution in [3.05, 3.63) is 20.3 Å². The van der Waals surface area contributed by atoms with Crippen LogP contribution in [0.15, 0.2) is 11.0 Å². The predicted octanol–water partition coefficient (Wildman–Crippen LogP) is -0.0437. The Morgan fingerprint density at radius 2 is 2.39 bits per heavy atom. The van der Waals surface area contributed by atoms with Gasteiger partial charge in [-0.05, 0) is 22.6 Å². The van der Waals surface area contributed by atoms with Gasteiger partial charge in [0.25, 0.3) is 0 Å². The monoisotopic (exact) mass is 387 g/mol. The van der Waals surface area contributed by atoms with Gasteiger partial charge in [-0.25, -0.2) is 9.18 Å². The lowest BCUT2D eigenvalue weighted by Crippen LogP contribution is -2.33. The summed E-state index contributed by atoms with van der Waals surface area (Å²) >= 11 is 5.83. The third-order valence-electron chi connectivity index (χ3n) is 2.68. The Morgan fingerprint density at radius 1 is 1.72 bits per heavy atom. The Bertz CT molecular complexity index is 514. The van der Waals surface area contributed by atoms with Gasteiger partial charge < -0.3 is 15.6 Å². The molecule has 0 amide bonds. The van der Waals surface area contributed by atoms with Crippen LogP contribution in [0.4, 0.5) is 10.2 Å². The van der Waals surface area contributed by atoms with Crippen LogP contribution in [0.1, 0.15) is 6.23 Å². The topological polar surface area (TPSA) is 90.4 Å². The van der Waals surface area contributed by atoms with E-state index in [-0.39, 0.29) is 11.6 Å². The summed E-state index contributed by atoms with van der Waals surface area (Å²) in [5.74, 6) is 0.239. The molecule has 1 saturated heterocycles. The molecule has 1 aliphatic heterocycles. The molecule has 3 N–H and O–H groups in total. The number of aromatic nitrogens is 2. The Labute approximate surface area is 121 Å². The standard InChI is InChI=1S/C9H11FIN3O3S/c10-5-6(15)4(2-18)17-8(5)14-1-3(11)7(12)13-9(14)16/h1,4-6,8,15,18H,2H2,(H2,12,13,16)/t4?,5-,6+,8-/m1/s1. The van der Waals surface area contributed by atoms with Crippen molar-refractivity contribution in [1.82, 2.24) is 9.55 Å². The molecule has 100 valence electrons. The molecule has 1 unspecified atom stereocenters. The Hall–Kier alpha value is -0.390. The average Bonchev–Trinajstić information content (AvgIpc) is 2.61. The van der Waals surface area contributed by atoms with Gasteiger partial charge in [0.05, 0.1) is 9.67 Å². The second-order valence-corrected chi connectivity index (χ2v) is 5.37. The smallest absolute Gasteiger partial charge is 0.351 e. The zero-order chi connectivity index (χ0) is 13.4. The van der Waals surface area contributed by atoms with E-state index < -0.39 is 30.3 Å². The lowest BCUT2D eigenvalue weighted by molar-refractivity contribution is -0.0163. The molecule has 0 spiro atoms. The first kappa shape index (κ1) is 14.0. The van der Waals surface area contributed by atoms with Gasteiger partial charge >= 0.3 is 5.69 Å². The second-order valence-electron chi connectivity index (χ2n) is 3.85. The highest BCUT2D eigenvalue weighted by atomic mass is 127. The van der Waals surface area contributed by atoms with Crippen molar-refractivity contribution in [1.29, 1.82) is 0 Å². The molecule has 0 aliphatic carbocycles. The summed E-state index contributed by atoms with van der Waals surface area (Å²) in [6.07, 6.45) is -3.62. The normalized spacial score (nSPS) is 31.8. The molecule has 4 atom stereocenters. The molecule has 0 aromatic carbocycles. The summed E-state index contributed by atoms with van der Waals surface area (Å²) < 4.78 is 20.7. The summed E-state index contributed by atoms with van der Waals surface area (Å²) in [5, 5.41) is 9.59. The fourth-order valence-electron chi connectivity index (χ4n) is 1.72. The minimum absolute atomic E-state index is 0.0801. The molecule has 0 bridgehead atoms. The van der Waals surface area contributed by atoms with Crippen molar-refractivity contribution in [3.63, 3.8) is 0 Å². The van der Waals surface area contributed by atoms with Gasteiger partial charge in [0, 0.05) is 11.9 Å². The molecule has 0 saturated carbocycles. The van der Waals surface area contributed by atoms with Crippen LogP contribution in [0.25, 0.3) is 0 Å². The zero-order valence-electron chi connectivity index (χ0n) is 9.03. The summed E-state index contributed by atoms with van der Waals surface area (Å²) in [6.45, 7) is 0. The molecule has 6 nitrogen and oxygen atoms in total. The number of halogens is 2. The summed E-state index contributed by atoms with van der Waals surface area (Å²) in [4.78, 5) is 15.2. The van der Waals surface area contributed by atoms with Crippen LogP contribution in [0.2, 0.25) is 0 Å². The second kappa shape index (κ2) is 5.31. The molecule has 1 fully saturated rings. The molecule has 2 heterocycles. The molecule has 0 radical (unpaired) electrons. The number of nitrogens with zero attached hydrogens (tertiary/aromatic N) is 2. The summed E-state index contributed by atoms with van der Waals surface area (Å²) in [5.41, 5.74) is 4.76. The molecule has 1 aromatic heterocycles. The fraction of sp³-hybridized carbons (Fsp3) is 0.556. The molecule has 2 rings (SSSR count).